The van der Waals surface area contributed by atoms with E-state index in [2.05, 4.69) is 75.8 Å². The van der Waals surface area contributed by atoms with E-state index in [4.69, 9.17) is 36.7 Å². The molecule has 1 rings (SSSR count). The molecule has 0 fully saturated rings. The van der Waals surface area contributed by atoms with E-state index in [1.165, 1.54) is 0 Å². The number of thiol groups is 6. The summed E-state index contributed by atoms with van der Waals surface area (Å²) in [6.45, 7) is 0. The van der Waals surface area contributed by atoms with Crippen LogP contribution in [0.25, 0.3) is 0 Å². The quantitative estimate of drug-likeness (QED) is 0.163. The van der Waals surface area contributed by atoms with Crippen molar-refractivity contribution in [2.45, 2.75) is 0 Å². The Morgan fingerprint density at radius 1 is 0.519 bits per heavy atom. The summed E-state index contributed by atoms with van der Waals surface area (Å²) in [7, 11) is 0. The van der Waals surface area contributed by atoms with Crippen LogP contribution in [0.4, 0.5) is 0 Å². The Labute approximate surface area is 210 Å². The van der Waals surface area contributed by atoms with Gasteiger partial charge in [0.1, 0.15) is 15.0 Å². The van der Waals surface area contributed by atoms with E-state index in [1.54, 1.807) is 0 Å². The average molecular weight is 532 g/mol. The van der Waals surface area contributed by atoms with Gasteiger partial charge in [0.05, 0.1) is 35.3 Å². The van der Waals surface area contributed by atoms with E-state index in [0.717, 1.165) is 16.7 Å². The summed E-state index contributed by atoms with van der Waals surface area (Å²) in [5, 5.41) is 0. The Morgan fingerprint density at radius 2 is 0.704 bits per heavy atom. The van der Waals surface area contributed by atoms with Crippen molar-refractivity contribution in [3.05, 3.63) is 34.9 Å². The van der Waals surface area contributed by atoms with Crippen LogP contribution in [-0.4, -0.2) is 64.9 Å². The van der Waals surface area contributed by atoms with Crippen LogP contribution >= 0.6 is 112 Å². The molecule has 0 atom stereocenters. The zero-order valence-electron chi connectivity index (χ0n) is 14.2. The average Bonchev–Trinajstić information content (AvgIpc) is 2.70. The zero-order valence-corrected chi connectivity index (χ0v) is 22.0. The summed E-state index contributed by atoms with van der Waals surface area (Å²) in [6.07, 6.45) is 0. The minimum Gasteiger partial charge on any atom is -0.344 e. The van der Waals surface area contributed by atoms with E-state index >= 15 is 0 Å². The highest BCUT2D eigenvalue weighted by Gasteiger charge is 2.18. The third-order valence-corrected chi connectivity index (χ3v) is 7.09. The maximum Gasteiger partial charge on any atom is 0.110 e. The van der Waals surface area contributed by atoms with Crippen molar-refractivity contribution in [1.82, 2.24) is 14.7 Å². The monoisotopic (exact) mass is 531 g/mol. The van der Waals surface area contributed by atoms with Crippen LogP contribution in [0.1, 0.15) is 16.7 Å². The van der Waals surface area contributed by atoms with Crippen molar-refractivity contribution in [2.75, 3.05) is 35.3 Å². The highest BCUT2D eigenvalue weighted by atomic mass is 32.1. The molecule has 0 aliphatic heterocycles. The molecule has 0 unspecified atom stereocenters. The van der Waals surface area contributed by atoms with Crippen molar-refractivity contribution in [3.8, 4) is 0 Å². The molecular formula is C15H21N3S9. The maximum absolute atomic E-state index is 5.63. The van der Waals surface area contributed by atoms with Crippen LogP contribution in [0.2, 0.25) is 0 Å². The topological polar surface area (TPSA) is 9.72 Å². The lowest BCUT2D eigenvalue weighted by molar-refractivity contribution is 0.590. The number of hydrogen-bond donors (Lipinski definition) is 6. The molecule has 1 aromatic carbocycles. The first-order valence-electron chi connectivity index (χ1n) is 7.56. The number of rotatable bonds is 9. The molecule has 0 heterocycles. The highest BCUT2D eigenvalue weighted by Crippen LogP contribution is 2.20. The van der Waals surface area contributed by atoms with Crippen molar-refractivity contribution in [3.63, 3.8) is 0 Å². The van der Waals surface area contributed by atoms with E-state index in [-0.39, 0.29) is 0 Å². The zero-order chi connectivity index (χ0) is 20.6. The lowest BCUT2D eigenvalue weighted by Crippen LogP contribution is -2.32. The fourth-order valence-electron chi connectivity index (χ4n) is 2.07. The Bertz CT molecular complexity index is 568. The normalized spacial score (nSPS) is 10.4. The van der Waals surface area contributed by atoms with E-state index in [9.17, 15) is 0 Å². The van der Waals surface area contributed by atoms with Gasteiger partial charge in [-0.3, -0.25) is 0 Å². The molecule has 0 N–H and O–H groups in total. The number of thiocarbonyl (C=S) groups is 3. The van der Waals surface area contributed by atoms with Gasteiger partial charge in [0.15, 0.2) is 0 Å². The summed E-state index contributed by atoms with van der Waals surface area (Å²) in [5.74, 6) is 2.72. The van der Waals surface area contributed by atoms with Gasteiger partial charge in [-0.25, -0.2) is 0 Å². The summed E-state index contributed by atoms with van der Waals surface area (Å²) in [6, 6.07) is 5.84. The number of benzene rings is 1. The molecule has 3 nitrogen and oxygen atoms in total. The van der Waals surface area contributed by atoms with Crippen LogP contribution in [0.3, 0.4) is 0 Å². The minimum atomic E-state index is 0.454. The molecule has 0 bridgehead atoms. The second kappa shape index (κ2) is 13.3. The first-order chi connectivity index (χ1) is 12.9. The largest absolute Gasteiger partial charge is 0.344 e. The SMILES string of the molecule is S=C(c1cc(C(=S)N(CS)CS)cc(C(=S)N(CS)CS)c1)N(CS)CS. The van der Waals surface area contributed by atoms with E-state index < -0.39 is 0 Å². The van der Waals surface area contributed by atoms with Crippen molar-refractivity contribution in [1.29, 1.82) is 0 Å². The fraction of sp³-hybridized carbons (Fsp3) is 0.400. The van der Waals surface area contributed by atoms with E-state index in [1.807, 2.05) is 32.9 Å². The molecule has 1 aromatic rings. The molecule has 0 saturated carbocycles. The second-order valence-corrected chi connectivity index (χ2v) is 8.04. The van der Waals surface area contributed by atoms with Gasteiger partial charge < -0.3 is 14.7 Å². The molecular weight excluding hydrogens is 511 g/mol. The minimum absolute atomic E-state index is 0.454. The predicted octanol–water partition coefficient (Wildman–Crippen LogP) is 3.94. The van der Waals surface area contributed by atoms with E-state index in [0.29, 0.717) is 50.2 Å². The molecule has 27 heavy (non-hydrogen) atoms. The second-order valence-electron chi connectivity index (χ2n) is 5.18. The summed E-state index contributed by atoms with van der Waals surface area (Å²) >= 11 is 42.8. The smallest absolute Gasteiger partial charge is 0.110 e. The molecule has 0 saturated heterocycles. The Hall–Kier alpha value is 0.990. The van der Waals surface area contributed by atoms with Gasteiger partial charge in [0.2, 0.25) is 0 Å². The first kappa shape index (κ1) is 26.0. The van der Waals surface area contributed by atoms with Gasteiger partial charge in [0, 0.05) is 16.7 Å². The summed E-state index contributed by atoms with van der Waals surface area (Å²) in [5.41, 5.74) is 2.46. The molecule has 0 amide bonds. The highest BCUT2D eigenvalue weighted by molar-refractivity contribution is 7.83. The van der Waals surface area contributed by atoms with Gasteiger partial charge in [-0.2, -0.15) is 75.8 Å². The third kappa shape index (κ3) is 7.02. The van der Waals surface area contributed by atoms with Gasteiger partial charge in [0.25, 0.3) is 0 Å². The first-order valence-corrected chi connectivity index (χ1v) is 12.6. The van der Waals surface area contributed by atoms with Crippen LogP contribution in [0.15, 0.2) is 18.2 Å². The van der Waals surface area contributed by atoms with Gasteiger partial charge in [-0.15, -0.1) is 0 Å². The number of nitrogens with zero attached hydrogens (tertiary/aromatic N) is 3. The molecule has 150 valence electrons. The molecule has 12 heteroatoms. The van der Waals surface area contributed by atoms with Gasteiger partial charge >= 0.3 is 0 Å². The van der Waals surface area contributed by atoms with Crippen LogP contribution in [0, 0.1) is 0 Å². The van der Waals surface area contributed by atoms with Crippen LogP contribution in [-0.2, 0) is 0 Å². The van der Waals surface area contributed by atoms with Crippen LogP contribution < -0.4 is 0 Å². The summed E-state index contributed by atoms with van der Waals surface area (Å²) < 4.78 is 0. The third-order valence-electron chi connectivity index (χ3n) is 3.56. The molecule has 0 radical (unpaired) electrons. The Balaban J connectivity index is 3.49. The Morgan fingerprint density at radius 3 is 0.852 bits per heavy atom. The molecule has 0 aliphatic carbocycles. The van der Waals surface area contributed by atoms with Crippen molar-refractivity contribution < 1.29 is 0 Å². The van der Waals surface area contributed by atoms with Crippen LogP contribution in [0.5, 0.6) is 0 Å². The molecule has 0 aromatic heterocycles. The predicted molar refractivity (Wildman–Crippen MR) is 150 cm³/mol. The summed E-state index contributed by atoms with van der Waals surface area (Å²) in [4.78, 5) is 7.46. The maximum atomic E-state index is 5.63. The lowest BCUT2D eigenvalue weighted by Gasteiger charge is -2.26. The molecule has 0 aliphatic rings. The standard InChI is InChI=1S/C15H21N3S9/c19-4-16(5-20)13(25)10-1-11(14(26)17(6-21)7-22)3-12(2-10)15(27)18(8-23)9-24/h1-3,19-24H,4-9H2. The van der Waals surface area contributed by atoms with Gasteiger partial charge in [-0.05, 0) is 18.2 Å². The fourth-order valence-corrected chi connectivity index (χ4v) is 5.30. The van der Waals surface area contributed by atoms with Crippen molar-refractivity contribution >= 4 is 127 Å². The number of hydrogen-bond acceptors (Lipinski definition) is 9. The lowest BCUT2D eigenvalue weighted by atomic mass is 10.0. The molecule has 0 spiro atoms. The van der Waals surface area contributed by atoms with Crippen molar-refractivity contribution in [2.24, 2.45) is 0 Å². The Kier molecular flexibility index (Phi) is 12.8. The van der Waals surface area contributed by atoms with Gasteiger partial charge in [-0.1, -0.05) is 36.7 Å².